The minimum atomic E-state index is -0.0245. The Balaban J connectivity index is 0.00000225. The van der Waals surface area contributed by atoms with Crippen LogP contribution >= 0.6 is 24.0 Å². The molecular formula is C22H27Cl2N3O. The van der Waals surface area contributed by atoms with Crippen molar-refractivity contribution in [3.63, 3.8) is 0 Å². The summed E-state index contributed by atoms with van der Waals surface area (Å²) in [4.78, 5) is 16.9. The molecule has 1 aliphatic carbocycles. The molecule has 0 spiro atoms. The molecule has 2 fully saturated rings. The molecule has 1 saturated carbocycles. The first-order valence-electron chi connectivity index (χ1n) is 9.72. The predicted octanol–water partition coefficient (Wildman–Crippen LogP) is 4.84. The zero-order chi connectivity index (χ0) is 18.9. The molecule has 2 aliphatic rings. The van der Waals surface area contributed by atoms with E-state index in [1.54, 1.807) is 0 Å². The van der Waals surface area contributed by atoms with Gasteiger partial charge in [0.15, 0.2) is 0 Å². The first kappa shape index (κ1) is 21.0. The van der Waals surface area contributed by atoms with Gasteiger partial charge in [-0.15, -0.1) is 12.4 Å². The van der Waals surface area contributed by atoms with Gasteiger partial charge >= 0.3 is 6.03 Å². The highest BCUT2D eigenvalue weighted by atomic mass is 35.5. The van der Waals surface area contributed by atoms with Gasteiger partial charge in [0, 0.05) is 41.8 Å². The molecule has 28 heavy (non-hydrogen) atoms. The Hall–Kier alpha value is -1.75. The Morgan fingerprint density at radius 2 is 1.75 bits per heavy atom. The lowest BCUT2D eigenvalue weighted by atomic mass is 9.68. The van der Waals surface area contributed by atoms with Gasteiger partial charge in [-0.3, -0.25) is 4.90 Å². The number of halogens is 2. The zero-order valence-corrected chi connectivity index (χ0v) is 17.5. The summed E-state index contributed by atoms with van der Waals surface area (Å²) in [6.45, 7) is 2.17. The summed E-state index contributed by atoms with van der Waals surface area (Å²) < 4.78 is 0. The zero-order valence-electron chi connectivity index (χ0n) is 15.9. The van der Waals surface area contributed by atoms with E-state index in [1.165, 1.54) is 5.56 Å². The SMILES string of the molecule is Cl.NC[C@]1(c2cccc(Cl)c2)CC[C@@H](N2CCN(c3ccccc3)C2=O)CC1. The van der Waals surface area contributed by atoms with Gasteiger partial charge in [0.25, 0.3) is 0 Å². The van der Waals surface area contributed by atoms with Crippen molar-refractivity contribution in [1.29, 1.82) is 0 Å². The summed E-state index contributed by atoms with van der Waals surface area (Å²) in [7, 11) is 0. The third-order valence-corrected chi connectivity index (χ3v) is 6.52. The van der Waals surface area contributed by atoms with Crippen molar-refractivity contribution in [3.05, 3.63) is 65.2 Å². The molecule has 4 rings (SSSR count). The molecule has 6 heteroatoms. The van der Waals surface area contributed by atoms with Crippen LogP contribution < -0.4 is 10.6 Å². The molecule has 4 nitrogen and oxygen atoms in total. The van der Waals surface area contributed by atoms with Crippen LogP contribution in [0.5, 0.6) is 0 Å². The largest absolute Gasteiger partial charge is 0.330 e. The van der Waals surface area contributed by atoms with Crippen LogP contribution in [0.3, 0.4) is 0 Å². The Morgan fingerprint density at radius 1 is 1.04 bits per heavy atom. The summed E-state index contributed by atoms with van der Waals surface area (Å²) in [5.74, 6) is 0. The van der Waals surface area contributed by atoms with Crippen molar-refractivity contribution in [2.75, 3.05) is 24.5 Å². The quantitative estimate of drug-likeness (QED) is 0.769. The van der Waals surface area contributed by atoms with Crippen LogP contribution in [-0.2, 0) is 5.41 Å². The van der Waals surface area contributed by atoms with Crippen LogP contribution in [0, 0.1) is 0 Å². The van der Waals surface area contributed by atoms with Crippen molar-refractivity contribution >= 4 is 35.7 Å². The Bertz CT molecular complexity index is 806. The number of hydrogen-bond donors (Lipinski definition) is 1. The second-order valence-electron chi connectivity index (χ2n) is 7.69. The second kappa shape index (κ2) is 8.73. The van der Waals surface area contributed by atoms with Crippen LogP contribution in [0.25, 0.3) is 0 Å². The highest BCUT2D eigenvalue weighted by Crippen LogP contribution is 2.41. The smallest absolute Gasteiger partial charge is 0.324 e. The van der Waals surface area contributed by atoms with Crippen LogP contribution in [0.2, 0.25) is 5.02 Å². The van der Waals surface area contributed by atoms with E-state index in [4.69, 9.17) is 17.3 Å². The van der Waals surface area contributed by atoms with E-state index >= 15 is 0 Å². The van der Waals surface area contributed by atoms with Crippen LogP contribution in [0.15, 0.2) is 54.6 Å². The fourth-order valence-electron chi connectivity index (χ4n) is 4.64. The van der Waals surface area contributed by atoms with E-state index in [9.17, 15) is 4.79 Å². The highest BCUT2D eigenvalue weighted by molar-refractivity contribution is 6.30. The van der Waals surface area contributed by atoms with Gasteiger partial charge in [-0.25, -0.2) is 4.79 Å². The van der Waals surface area contributed by atoms with Crippen molar-refractivity contribution in [1.82, 2.24) is 4.90 Å². The van der Waals surface area contributed by atoms with Gasteiger partial charge in [0.05, 0.1) is 0 Å². The summed E-state index contributed by atoms with van der Waals surface area (Å²) in [5, 5.41) is 0.760. The molecule has 2 aromatic carbocycles. The molecule has 0 atom stereocenters. The lowest BCUT2D eigenvalue weighted by molar-refractivity contribution is 0.156. The van der Waals surface area contributed by atoms with Gasteiger partial charge in [-0.2, -0.15) is 0 Å². The van der Waals surface area contributed by atoms with E-state index in [0.29, 0.717) is 12.6 Å². The molecule has 2 aromatic rings. The maximum absolute atomic E-state index is 13.0. The second-order valence-corrected chi connectivity index (χ2v) is 8.13. The Morgan fingerprint density at radius 3 is 2.39 bits per heavy atom. The number of benzene rings is 2. The van der Waals surface area contributed by atoms with Crippen molar-refractivity contribution in [2.45, 2.75) is 37.1 Å². The maximum Gasteiger partial charge on any atom is 0.324 e. The molecule has 150 valence electrons. The van der Waals surface area contributed by atoms with E-state index in [2.05, 4.69) is 11.0 Å². The first-order chi connectivity index (χ1) is 13.1. The minimum Gasteiger partial charge on any atom is -0.330 e. The fraction of sp³-hybridized carbons (Fsp3) is 0.409. The van der Waals surface area contributed by atoms with Gasteiger partial charge in [-0.1, -0.05) is 41.9 Å². The third kappa shape index (κ3) is 3.86. The molecule has 2 N–H and O–H groups in total. The van der Waals surface area contributed by atoms with Crippen LogP contribution in [0.1, 0.15) is 31.2 Å². The lowest BCUT2D eigenvalue weighted by Gasteiger charge is -2.42. The molecule has 0 aromatic heterocycles. The third-order valence-electron chi connectivity index (χ3n) is 6.29. The average molecular weight is 420 g/mol. The Kier molecular flexibility index (Phi) is 6.54. The molecule has 1 heterocycles. The molecule has 1 saturated heterocycles. The number of nitrogens with two attached hydrogens (primary N) is 1. The number of rotatable bonds is 4. The van der Waals surface area contributed by atoms with E-state index in [1.807, 2.05) is 53.4 Å². The maximum atomic E-state index is 13.0. The number of anilines is 1. The Labute approximate surface area is 178 Å². The molecule has 2 amide bonds. The van der Waals surface area contributed by atoms with Crippen LogP contribution in [-0.4, -0.2) is 36.6 Å². The summed E-state index contributed by atoms with van der Waals surface area (Å²) in [5.41, 5.74) is 8.40. The number of carbonyl (C=O) groups excluding carboxylic acids is 1. The summed E-state index contributed by atoms with van der Waals surface area (Å²) >= 11 is 6.21. The van der Waals surface area contributed by atoms with Crippen molar-refractivity contribution in [2.24, 2.45) is 5.73 Å². The van der Waals surface area contributed by atoms with Gasteiger partial charge < -0.3 is 10.6 Å². The summed E-state index contributed by atoms with van der Waals surface area (Å²) in [6.07, 6.45) is 3.95. The number of carbonyl (C=O) groups is 1. The standard InChI is InChI=1S/C22H26ClN3O.ClH/c23-18-6-4-5-17(15-18)22(16-24)11-9-20(10-12-22)26-14-13-25(21(26)27)19-7-2-1-3-8-19;/h1-8,15,20H,9-14,16,24H2;1H/t20-,22+;. The average Bonchev–Trinajstić information content (AvgIpc) is 3.10. The molecule has 0 unspecified atom stereocenters. The topological polar surface area (TPSA) is 49.6 Å². The van der Waals surface area contributed by atoms with Crippen molar-refractivity contribution < 1.29 is 4.79 Å². The normalized spacial score (nSPS) is 24.9. The van der Waals surface area contributed by atoms with Crippen LogP contribution in [0.4, 0.5) is 10.5 Å². The number of urea groups is 1. The monoisotopic (exact) mass is 419 g/mol. The molecule has 0 bridgehead atoms. The highest BCUT2D eigenvalue weighted by Gasteiger charge is 2.41. The van der Waals surface area contributed by atoms with Gasteiger partial charge in [0.1, 0.15) is 0 Å². The minimum absolute atomic E-state index is 0. The first-order valence-corrected chi connectivity index (χ1v) is 10.1. The van der Waals surface area contributed by atoms with Gasteiger partial charge in [-0.05, 0) is 55.5 Å². The molecule has 1 aliphatic heterocycles. The lowest BCUT2D eigenvalue weighted by Crippen LogP contribution is -2.46. The van der Waals surface area contributed by atoms with E-state index in [-0.39, 0.29) is 23.9 Å². The molecule has 0 radical (unpaired) electrons. The van der Waals surface area contributed by atoms with E-state index < -0.39 is 0 Å². The molecular weight excluding hydrogens is 393 g/mol. The number of para-hydroxylation sites is 1. The number of nitrogens with zero attached hydrogens (tertiary/aromatic N) is 2. The predicted molar refractivity (Wildman–Crippen MR) is 118 cm³/mol. The van der Waals surface area contributed by atoms with E-state index in [0.717, 1.165) is 49.5 Å². The van der Waals surface area contributed by atoms with Crippen molar-refractivity contribution in [3.8, 4) is 0 Å². The summed E-state index contributed by atoms with van der Waals surface area (Å²) in [6, 6.07) is 18.5. The number of amides is 2. The number of hydrogen-bond acceptors (Lipinski definition) is 2. The van der Waals surface area contributed by atoms with Gasteiger partial charge in [0.2, 0.25) is 0 Å². The fourth-order valence-corrected chi connectivity index (χ4v) is 4.83.